The first-order valence-corrected chi connectivity index (χ1v) is 14.3. The molecule has 1 aliphatic heterocycles. The molecule has 0 spiro atoms. The number of aliphatic hydroxyl groups is 2. The summed E-state index contributed by atoms with van der Waals surface area (Å²) in [5, 5.41) is 24.8. The molecular formula is C22H29ClN3O9PS. The number of hydrogen-bond acceptors (Lipinski definition) is 10. The summed E-state index contributed by atoms with van der Waals surface area (Å²) in [6, 6.07) is 6.66. The van der Waals surface area contributed by atoms with Crippen molar-refractivity contribution in [1.29, 1.82) is 0 Å². The van der Waals surface area contributed by atoms with Crippen LogP contribution < -0.4 is 20.9 Å². The summed E-state index contributed by atoms with van der Waals surface area (Å²) in [5.74, 6) is -0.393. The molecule has 1 aromatic carbocycles. The summed E-state index contributed by atoms with van der Waals surface area (Å²) >= 11 is 11.9. The lowest BCUT2D eigenvalue weighted by molar-refractivity contribution is -0.149. The third-order valence-electron chi connectivity index (χ3n) is 5.38. The number of aromatic amines is 1. The molecule has 3 rings (SSSR count). The Morgan fingerprint density at radius 2 is 2.00 bits per heavy atom. The quantitative estimate of drug-likeness (QED) is 0.239. The molecule has 6 atom stereocenters. The van der Waals surface area contributed by atoms with E-state index >= 15 is 0 Å². The molecule has 12 nitrogen and oxygen atoms in total. The second-order valence-corrected chi connectivity index (χ2v) is 12.4. The number of H-pyrrole nitrogens is 1. The fourth-order valence-corrected chi connectivity index (χ4v) is 6.17. The van der Waals surface area contributed by atoms with E-state index < -0.39 is 60.5 Å². The molecule has 1 fully saturated rings. The van der Waals surface area contributed by atoms with Crippen molar-refractivity contribution in [3.05, 3.63) is 62.4 Å². The number of nitrogens with one attached hydrogen (secondary N) is 2. The van der Waals surface area contributed by atoms with Crippen LogP contribution in [0.5, 0.6) is 5.75 Å². The fourth-order valence-electron chi connectivity index (χ4n) is 3.52. The number of nitrogens with zero attached hydrogens (tertiary/aromatic N) is 1. The summed E-state index contributed by atoms with van der Waals surface area (Å²) < 4.78 is 23.7. The molecule has 0 aliphatic carbocycles. The molecule has 2 heterocycles. The van der Waals surface area contributed by atoms with Gasteiger partial charge in [-0.15, -0.1) is 0 Å². The van der Waals surface area contributed by atoms with E-state index in [9.17, 15) is 24.6 Å². The Kier molecular flexibility index (Phi) is 9.36. The average Bonchev–Trinajstić information content (AvgIpc) is 3.02. The molecular weight excluding hydrogens is 549 g/mol. The minimum atomic E-state index is -3.54. The van der Waals surface area contributed by atoms with E-state index in [1.807, 2.05) is 0 Å². The van der Waals surface area contributed by atoms with Crippen LogP contribution in [0.3, 0.4) is 0 Å². The van der Waals surface area contributed by atoms with Crippen LogP contribution >= 0.6 is 18.2 Å². The van der Waals surface area contributed by atoms with Crippen molar-refractivity contribution in [1.82, 2.24) is 14.6 Å². The maximum atomic E-state index is 12.4. The zero-order valence-electron chi connectivity index (χ0n) is 20.5. The van der Waals surface area contributed by atoms with Crippen LogP contribution in [0.2, 0.25) is 5.02 Å². The number of benzene rings is 1. The number of aromatic nitrogens is 2. The maximum absolute atomic E-state index is 12.4. The van der Waals surface area contributed by atoms with E-state index in [1.54, 1.807) is 38.1 Å². The second-order valence-electron chi connectivity index (χ2n) is 8.87. The highest BCUT2D eigenvalue weighted by atomic mass is 35.5. The standard InChI is InChI=1S/C22H29ClN3O9PS/c1-12(2)33-19(29)13(3)25-36(37,35-15-8-6-5-7-14(15)23)32-11-16-18(28)22(4,31)20(34-16)26-10-9-17(27)24-21(26)30/h5-10,12-13,16,18,20,28,31H,11H2,1-4H3,(H,25,37)(H,24,27,30). The highest BCUT2D eigenvalue weighted by molar-refractivity contribution is 8.09. The Balaban J connectivity index is 1.83. The van der Waals surface area contributed by atoms with Gasteiger partial charge in [0.15, 0.2) is 6.23 Å². The van der Waals surface area contributed by atoms with Gasteiger partial charge in [0.2, 0.25) is 0 Å². The lowest BCUT2D eigenvalue weighted by atomic mass is 9.96. The van der Waals surface area contributed by atoms with Crippen molar-refractivity contribution in [3.63, 3.8) is 0 Å². The van der Waals surface area contributed by atoms with E-state index in [1.165, 1.54) is 13.8 Å². The summed E-state index contributed by atoms with van der Waals surface area (Å²) in [5.41, 5.74) is -3.41. The second kappa shape index (κ2) is 11.7. The summed E-state index contributed by atoms with van der Waals surface area (Å²) in [4.78, 5) is 38.1. The maximum Gasteiger partial charge on any atom is 0.330 e. The SMILES string of the molecule is CC(C)OC(=O)C(C)NP(=S)(OCC1OC(n2ccc(=O)[nH]c2=O)C(C)(O)C1O)Oc1ccccc1Cl. The van der Waals surface area contributed by atoms with Crippen molar-refractivity contribution in [2.75, 3.05) is 6.61 Å². The molecule has 37 heavy (non-hydrogen) atoms. The Morgan fingerprint density at radius 3 is 2.62 bits per heavy atom. The van der Waals surface area contributed by atoms with E-state index in [4.69, 9.17) is 41.9 Å². The number of ether oxygens (including phenoxy) is 2. The molecule has 204 valence electrons. The molecule has 6 unspecified atom stereocenters. The summed E-state index contributed by atoms with van der Waals surface area (Å²) in [6.45, 7) is 2.26. The van der Waals surface area contributed by atoms with Crippen LogP contribution in [0, 0.1) is 0 Å². The smallest absolute Gasteiger partial charge is 0.330 e. The first kappa shape index (κ1) is 29.5. The molecule has 0 amide bonds. The zero-order valence-corrected chi connectivity index (χ0v) is 23.0. The first-order chi connectivity index (χ1) is 17.2. The van der Waals surface area contributed by atoms with Gasteiger partial charge in [-0.1, -0.05) is 23.7 Å². The molecule has 15 heteroatoms. The van der Waals surface area contributed by atoms with Crippen molar-refractivity contribution in [2.45, 2.75) is 63.9 Å². The minimum Gasteiger partial charge on any atom is -0.462 e. The lowest BCUT2D eigenvalue weighted by Crippen LogP contribution is -2.47. The molecule has 2 aromatic rings. The van der Waals surface area contributed by atoms with Crippen LogP contribution in [0.25, 0.3) is 0 Å². The number of carbonyl (C=O) groups excluding carboxylic acids is 1. The van der Waals surface area contributed by atoms with Gasteiger partial charge < -0.3 is 28.7 Å². The van der Waals surface area contributed by atoms with Crippen molar-refractivity contribution in [2.24, 2.45) is 0 Å². The summed E-state index contributed by atoms with van der Waals surface area (Å²) in [7, 11) is 0. The Hall–Kier alpha value is -2.09. The van der Waals surface area contributed by atoms with Gasteiger partial charge in [-0.25, -0.2) is 9.88 Å². The van der Waals surface area contributed by atoms with E-state index in [0.717, 1.165) is 16.8 Å². The molecule has 1 aliphatic rings. The topological polar surface area (TPSA) is 161 Å². The predicted molar refractivity (Wildman–Crippen MR) is 138 cm³/mol. The Labute approximate surface area is 222 Å². The third kappa shape index (κ3) is 7.06. The lowest BCUT2D eigenvalue weighted by Gasteiger charge is -2.29. The minimum absolute atomic E-state index is 0.196. The Bertz CT molecular complexity index is 1280. The molecule has 0 bridgehead atoms. The largest absolute Gasteiger partial charge is 0.462 e. The van der Waals surface area contributed by atoms with E-state index in [-0.39, 0.29) is 16.9 Å². The van der Waals surface area contributed by atoms with Crippen molar-refractivity contribution in [3.8, 4) is 5.75 Å². The molecule has 4 N–H and O–H groups in total. The van der Waals surface area contributed by atoms with Crippen LogP contribution in [0.4, 0.5) is 0 Å². The fraction of sp³-hybridized carbons (Fsp3) is 0.500. The van der Waals surface area contributed by atoms with Gasteiger partial charge in [0, 0.05) is 12.3 Å². The van der Waals surface area contributed by atoms with Gasteiger partial charge in [0.05, 0.1) is 17.7 Å². The third-order valence-corrected chi connectivity index (χ3v) is 8.18. The number of aliphatic hydroxyl groups excluding tert-OH is 1. The highest BCUT2D eigenvalue weighted by Crippen LogP contribution is 2.48. The van der Waals surface area contributed by atoms with Gasteiger partial charge >= 0.3 is 18.3 Å². The van der Waals surface area contributed by atoms with Gasteiger partial charge in [-0.2, -0.15) is 0 Å². The zero-order chi connectivity index (χ0) is 27.5. The molecule has 1 saturated heterocycles. The highest BCUT2D eigenvalue weighted by Gasteiger charge is 2.54. The van der Waals surface area contributed by atoms with Gasteiger partial charge in [-0.3, -0.25) is 19.1 Å². The van der Waals surface area contributed by atoms with E-state index in [0.29, 0.717) is 0 Å². The average molecular weight is 578 g/mol. The van der Waals surface area contributed by atoms with Gasteiger partial charge in [0.1, 0.15) is 29.6 Å². The molecule has 0 saturated carbocycles. The Morgan fingerprint density at radius 1 is 1.32 bits per heavy atom. The van der Waals surface area contributed by atoms with Crippen LogP contribution in [-0.4, -0.2) is 62.3 Å². The monoisotopic (exact) mass is 577 g/mol. The number of halogens is 1. The first-order valence-electron chi connectivity index (χ1n) is 11.3. The van der Waals surface area contributed by atoms with Crippen LogP contribution in [-0.2, 0) is 30.6 Å². The van der Waals surface area contributed by atoms with E-state index in [2.05, 4.69) is 10.1 Å². The molecule has 1 aromatic heterocycles. The number of carbonyl (C=O) groups is 1. The number of esters is 1. The predicted octanol–water partition coefficient (Wildman–Crippen LogP) is 1.45. The number of rotatable bonds is 10. The van der Waals surface area contributed by atoms with Crippen LogP contribution in [0.1, 0.15) is 33.9 Å². The van der Waals surface area contributed by atoms with Crippen molar-refractivity contribution >= 4 is 36.0 Å². The summed E-state index contributed by atoms with van der Waals surface area (Å²) in [6.07, 6.45) is -3.27. The number of para-hydroxylation sites is 1. The van der Waals surface area contributed by atoms with Gasteiger partial charge in [-0.05, 0) is 51.6 Å². The number of hydrogen-bond donors (Lipinski definition) is 4. The van der Waals surface area contributed by atoms with Crippen molar-refractivity contribution < 1.29 is 33.5 Å². The normalized spacial score (nSPS) is 26.0. The van der Waals surface area contributed by atoms with Crippen LogP contribution in [0.15, 0.2) is 46.1 Å². The molecule has 0 radical (unpaired) electrons. The van der Waals surface area contributed by atoms with Gasteiger partial charge in [0.25, 0.3) is 5.56 Å².